The number of hydrogen-bond donors (Lipinski definition) is 1. The van der Waals surface area contributed by atoms with Gasteiger partial charge < -0.3 is 10.3 Å². The van der Waals surface area contributed by atoms with Gasteiger partial charge >= 0.3 is 0 Å². The molecule has 1 atom stereocenters. The van der Waals surface area contributed by atoms with Gasteiger partial charge in [-0.15, -0.1) is 0 Å². The SMILES string of the molecule is Cc1cc2c(n1-c1cc(Cl)ccc1Cl)CCCC2N. The second-order valence-corrected chi connectivity index (χ2v) is 5.96. The first-order valence-corrected chi connectivity index (χ1v) is 7.25. The van der Waals surface area contributed by atoms with Crippen molar-refractivity contribution >= 4 is 23.2 Å². The van der Waals surface area contributed by atoms with Crippen LogP contribution in [-0.4, -0.2) is 4.57 Å². The van der Waals surface area contributed by atoms with E-state index >= 15 is 0 Å². The van der Waals surface area contributed by atoms with Crippen LogP contribution in [0.3, 0.4) is 0 Å². The molecule has 0 radical (unpaired) electrons. The molecule has 1 aliphatic carbocycles. The topological polar surface area (TPSA) is 30.9 Å². The highest BCUT2D eigenvalue weighted by molar-refractivity contribution is 6.34. The quantitative estimate of drug-likeness (QED) is 0.829. The van der Waals surface area contributed by atoms with Crippen LogP contribution < -0.4 is 5.73 Å². The summed E-state index contributed by atoms with van der Waals surface area (Å²) < 4.78 is 2.20. The standard InChI is InChI=1S/C15H16Cl2N2/c1-9-7-11-13(18)3-2-4-14(11)19(9)15-8-10(16)5-6-12(15)17/h5-8,13H,2-4,18H2,1H3. The predicted octanol–water partition coefficient (Wildman–Crippen LogP) is 4.43. The van der Waals surface area contributed by atoms with Crippen LogP contribution in [-0.2, 0) is 6.42 Å². The van der Waals surface area contributed by atoms with Crippen molar-refractivity contribution in [3.8, 4) is 5.69 Å². The van der Waals surface area contributed by atoms with E-state index in [1.54, 1.807) is 0 Å². The van der Waals surface area contributed by atoms with Crippen LogP contribution in [0.25, 0.3) is 5.69 Å². The van der Waals surface area contributed by atoms with Gasteiger partial charge in [-0.1, -0.05) is 23.2 Å². The van der Waals surface area contributed by atoms with Crippen molar-refractivity contribution in [3.05, 3.63) is 51.3 Å². The Labute approximate surface area is 123 Å². The van der Waals surface area contributed by atoms with Crippen molar-refractivity contribution in [3.63, 3.8) is 0 Å². The third kappa shape index (κ3) is 2.18. The molecular weight excluding hydrogens is 279 g/mol. The largest absolute Gasteiger partial charge is 0.324 e. The van der Waals surface area contributed by atoms with Gasteiger partial charge in [0.05, 0.1) is 10.7 Å². The molecule has 0 saturated heterocycles. The molecule has 1 aliphatic rings. The molecule has 2 N–H and O–H groups in total. The third-order valence-electron chi connectivity index (χ3n) is 3.80. The lowest BCUT2D eigenvalue weighted by atomic mass is 9.93. The summed E-state index contributed by atoms with van der Waals surface area (Å²) in [6.45, 7) is 2.09. The van der Waals surface area contributed by atoms with Crippen molar-refractivity contribution in [2.24, 2.45) is 5.73 Å². The first-order chi connectivity index (χ1) is 9.08. The van der Waals surface area contributed by atoms with Crippen LogP contribution in [0.1, 0.15) is 35.8 Å². The molecule has 19 heavy (non-hydrogen) atoms. The molecular formula is C15H16Cl2N2. The van der Waals surface area contributed by atoms with Gasteiger partial charge in [-0.25, -0.2) is 0 Å². The summed E-state index contributed by atoms with van der Waals surface area (Å²) in [5, 5.41) is 1.41. The first kappa shape index (κ1) is 13.0. The average molecular weight is 295 g/mol. The van der Waals surface area contributed by atoms with E-state index in [0.717, 1.165) is 30.6 Å². The number of nitrogens with two attached hydrogens (primary N) is 1. The lowest BCUT2D eigenvalue weighted by Crippen LogP contribution is -2.18. The summed E-state index contributed by atoms with van der Waals surface area (Å²) in [5.41, 5.74) is 10.8. The molecule has 0 aliphatic heterocycles. The molecule has 2 aromatic rings. The fourth-order valence-corrected chi connectivity index (χ4v) is 3.30. The minimum absolute atomic E-state index is 0.140. The molecule has 0 saturated carbocycles. The van der Waals surface area contributed by atoms with Crippen molar-refractivity contribution in [1.29, 1.82) is 0 Å². The van der Waals surface area contributed by atoms with Gasteiger partial charge in [-0.2, -0.15) is 0 Å². The number of hydrogen-bond acceptors (Lipinski definition) is 1. The lowest BCUT2D eigenvalue weighted by molar-refractivity contribution is 0.560. The Balaban J connectivity index is 2.23. The molecule has 1 heterocycles. The predicted molar refractivity (Wildman–Crippen MR) is 80.4 cm³/mol. The van der Waals surface area contributed by atoms with E-state index in [0.29, 0.717) is 10.0 Å². The minimum Gasteiger partial charge on any atom is -0.324 e. The monoisotopic (exact) mass is 294 g/mol. The molecule has 1 aromatic carbocycles. The minimum atomic E-state index is 0.140. The number of nitrogens with zero attached hydrogens (tertiary/aromatic N) is 1. The summed E-state index contributed by atoms with van der Waals surface area (Å²) in [6.07, 6.45) is 3.22. The van der Waals surface area contributed by atoms with E-state index in [9.17, 15) is 0 Å². The van der Waals surface area contributed by atoms with E-state index in [-0.39, 0.29) is 6.04 Å². The van der Waals surface area contributed by atoms with E-state index < -0.39 is 0 Å². The van der Waals surface area contributed by atoms with Gasteiger partial charge in [0.15, 0.2) is 0 Å². The van der Waals surface area contributed by atoms with Crippen LogP contribution >= 0.6 is 23.2 Å². The molecule has 4 heteroatoms. The molecule has 0 amide bonds. The van der Waals surface area contributed by atoms with Gasteiger partial charge in [-0.3, -0.25) is 0 Å². The van der Waals surface area contributed by atoms with E-state index in [1.807, 2.05) is 18.2 Å². The molecule has 100 valence electrons. The average Bonchev–Trinajstić information content (AvgIpc) is 2.70. The highest BCUT2D eigenvalue weighted by Gasteiger charge is 2.23. The highest BCUT2D eigenvalue weighted by Crippen LogP contribution is 2.35. The molecule has 0 spiro atoms. The van der Waals surface area contributed by atoms with E-state index in [2.05, 4.69) is 17.6 Å². The number of aromatic nitrogens is 1. The summed E-state index contributed by atoms with van der Waals surface area (Å²) in [4.78, 5) is 0. The second-order valence-electron chi connectivity index (χ2n) is 5.12. The summed E-state index contributed by atoms with van der Waals surface area (Å²) in [7, 11) is 0. The Bertz CT molecular complexity index is 631. The summed E-state index contributed by atoms with van der Waals surface area (Å²) in [5.74, 6) is 0. The van der Waals surface area contributed by atoms with Gasteiger partial charge in [0.1, 0.15) is 0 Å². The Morgan fingerprint density at radius 2 is 2.05 bits per heavy atom. The maximum absolute atomic E-state index is 6.33. The highest BCUT2D eigenvalue weighted by atomic mass is 35.5. The summed E-state index contributed by atoms with van der Waals surface area (Å²) in [6, 6.07) is 7.88. The van der Waals surface area contributed by atoms with Gasteiger partial charge in [0, 0.05) is 22.5 Å². The zero-order valence-electron chi connectivity index (χ0n) is 10.8. The van der Waals surface area contributed by atoms with Crippen LogP contribution in [0.4, 0.5) is 0 Å². The number of rotatable bonds is 1. The summed E-state index contributed by atoms with van der Waals surface area (Å²) >= 11 is 12.4. The normalized spacial score (nSPS) is 18.4. The zero-order valence-corrected chi connectivity index (χ0v) is 12.3. The van der Waals surface area contributed by atoms with Crippen molar-refractivity contribution in [2.75, 3.05) is 0 Å². The Kier molecular flexibility index (Phi) is 3.34. The Morgan fingerprint density at radius 3 is 2.84 bits per heavy atom. The molecule has 0 fully saturated rings. The number of benzene rings is 1. The number of aryl methyl sites for hydroxylation is 1. The molecule has 2 nitrogen and oxygen atoms in total. The maximum Gasteiger partial charge on any atom is 0.0656 e. The smallest absolute Gasteiger partial charge is 0.0656 e. The maximum atomic E-state index is 6.33. The molecule has 1 unspecified atom stereocenters. The van der Waals surface area contributed by atoms with Crippen molar-refractivity contribution in [1.82, 2.24) is 4.57 Å². The van der Waals surface area contributed by atoms with Crippen LogP contribution in [0.15, 0.2) is 24.3 Å². The van der Waals surface area contributed by atoms with Crippen molar-refractivity contribution < 1.29 is 0 Å². The zero-order chi connectivity index (χ0) is 13.6. The van der Waals surface area contributed by atoms with E-state index in [4.69, 9.17) is 28.9 Å². The molecule has 1 aromatic heterocycles. The number of halogens is 2. The Hall–Kier alpha value is -0.960. The van der Waals surface area contributed by atoms with Crippen molar-refractivity contribution in [2.45, 2.75) is 32.2 Å². The van der Waals surface area contributed by atoms with E-state index in [1.165, 1.54) is 11.3 Å². The molecule has 3 rings (SSSR count). The van der Waals surface area contributed by atoms with Crippen LogP contribution in [0.2, 0.25) is 10.0 Å². The fourth-order valence-electron chi connectivity index (χ4n) is 2.93. The van der Waals surface area contributed by atoms with Crippen LogP contribution in [0.5, 0.6) is 0 Å². The Morgan fingerprint density at radius 1 is 1.26 bits per heavy atom. The van der Waals surface area contributed by atoms with Gasteiger partial charge in [0.2, 0.25) is 0 Å². The lowest BCUT2D eigenvalue weighted by Gasteiger charge is -2.21. The first-order valence-electron chi connectivity index (χ1n) is 6.50. The third-order valence-corrected chi connectivity index (χ3v) is 4.35. The van der Waals surface area contributed by atoms with Gasteiger partial charge in [-0.05, 0) is 56.0 Å². The van der Waals surface area contributed by atoms with Gasteiger partial charge in [0.25, 0.3) is 0 Å². The fraction of sp³-hybridized carbons (Fsp3) is 0.333. The molecule has 0 bridgehead atoms. The van der Waals surface area contributed by atoms with Crippen LogP contribution in [0, 0.1) is 6.92 Å². The number of fused-ring (bicyclic) bond motifs is 1. The second kappa shape index (κ2) is 4.86.